The average Bonchev–Trinajstić information content (AvgIpc) is 1.96. The van der Waals surface area contributed by atoms with Crippen molar-refractivity contribution < 1.29 is 14.3 Å². The molecule has 0 aromatic heterocycles. The first-order valence-electron chi connectivity index (χ1n) is 4.76. The highest BCUT2D eigenvalue weighted by molar-refractivity contribution is 5.83. The monoisotopic (exact) mass is 201 g/mol. The quantitative estimate of drug-likeness (QED) is 0.699. The fourth-order valence-electron chi connectivity index (χ4n) is 0.946. The van der Waals surface area contributed by atoms with E-state index in [1.54, 1.807) is 20.8 Å². The molecule has 4 nitrogen and oxygen atoms in total. The van der Waals surface area contributed by atoms with E-state index in [2.05, 4.69) is 5.32 Å². The Morgan fingerprint density at radius 2 is 1.86 bits per heavy atom. The van der Waals surface area contributed by atoms with Crippen molar-refractivity contribution in [3.63, 3.8) is 0 Å². The van der Waals surface area contributed by atoms with E-state index in [1.807, 2.05) is 6.92 Å². The minimum Gasteiger partial charge on any atom is -0.458 e. The van der Waals surface area contributed by atoms with E-state index < -0.39 is 11.6 Å². The van der Waals surface area contributed by atoms with Gasteiger partial charge in [-0.3, -0.25) is 4.79 Å². The summed E-state index contributed by atoms with van der Waals surface area (Å²) in [5.41, 5.74) is -0.511. The highest BCUT2D eigenvalue weighted by atomic mass is 16.6. The largest absolute Gasteiger partial charge is 0.458 e. The third-order valence-corrected chi connectivity index (χ3v) is 1.48. The zero-order valence-electron chi connectivity index (χ0n) is 9.51. The molecule has 0 aliphatic carbocycles. The van der Waals surface area contributed by atoms with Crippen LogP contribution in [0.15, 0.2) is 0 Å². The molecule has 0 bridgehead atoms. The molecule has 1 amide bonds. The van der Waals surface area contributed by atoms with Crippen LogP contribution in [0.4, 0.5) is 0 Å². The average molecular weight is 201 g/mol. The van der Waals surface area contributed by atoms with Crippen LogP contribution in [-0.2, 0) is 14.3 Å². The number of carbonyl (C=O) groups excluding carboxylic acids is 2. The Morgan fingerprint density at radius 1 is 1.36 bits per heavy atom. The Labute approximate surface area is 85.0 Å². The minimum absolute atomic E-state index is 0.220. The third-order valence-electron chi connectivity index (χ3n) is 1.48. The van der Waals surface area contributed by atoms with Crippen molar-refractivity contribution in [3.8, 4) is 0 Å². The fraction of sp³-hybridized carbons (Fsp3) is 0.800. The molecule has 1 atom stereocenters. The molecule has 0 spiro atoms. The summed E-state index contributed by atoms with van der Waals surface area (Å²) in [6.45, 7) is 8.60. The van der Waals surface area contributed by atoms with Crippen molar-refractivity contribution >= 4 is 11.9 Å². The predicted molar refractivity (Wildman–Crippen MR) is 53.7 cm³/mol. The van der Waals surface area contributed by atoms with Gasteiger partial charge in [0.1, 0.15) is 11.6 Å². The van der Waals surface area contributed by atoms with Gasteiger partial charge in [0.05, 0.1) is 0 Å². The van der Waals surface area contributed by atoms with Crippen LogP contribution in [0.5, 0.6) is 0 Å². The normalized spacial score (nSPS) is 13.2. The molecule has 0 unspecified atom stereocenters. The molecule has 0 saturated carbocycles. The van der Waals surface area contributed by atoms with Gasteiger partial charge in [0.15, 0.2) is 0 Å². The van der Waals surface area contributed by atoms with Gasteiger partial charge in [0.25, 0.3) is 0 Å². The lowest BCUT2D eigenvalue weighted by molar-refractivity contribution is -0.158. The molecule has 0 saturated heterocycles. The second kappa shape index (κ2) is 4.98. The minimum atomic E-state index is -0.535. The lowest BCUT2D eigenvalue weighted by Crippen LogP contribution is -2.42. The van der Waals surface area contributed by atoms with Gasteiger partial charge in [0, 0.05) is 6.92 Å². The first-order chi connectivity index (χ1) is 6.26. The zero-order chi connectivity index (χ0) is 11.4. The molecule has 0 aromatic carbocycles. The van der Waals surface area contributed by atoms with Crippen molar-refractivity contribution in [2.45, 2.75) is 52.7 Å². The Kier molecular flexibility index (Phi) is 4.60. The summed E-state index contributed by atoms with van der Waals surface area (Å²) in [7, 11) is 0. The van der Waals surface area contributed by atoms with Crippen molar-refractivity contribution in [2.75, 3.05) is 0 Å². The Balaban J connectivity index is 4.25. The standard InChI is InChI=1S/C10H19NO3/c1-6-8(11-7(2)12)9(13)14-10(3,4)5/h8H,6H2,1-5H3,(H,11,12)/t8-/m1/s1. The predicted octanol–water partition coefficient (Wildman–Crippen LogP) is 1.24. The van der Waals surface area contributed by atoms with Crippen LogP contribution in [0.25, 0.3) is 0 Å². The molecule has 0 rings (SSSR count). The number of amides is 1. The maximum atomic E-state index is 11.5. The first kappa shape index (κ1) is 12.9. The Bertz CT molecular complexity index is 218. The summed E-state index contributed by atoms with van der Waals surface area (Å²) >= 11 is 0. The molecule has 0 radical (unpaired) electrons. The molecular weight excluding hydrogens is 182 g/mol. The second-order valence-corrected chi connectivity index (χ2v) is 4.19. The van der Waals surface area contributed by atoms with E-state index in [1.165, 1.54) is 6.92 Å². The van der Waals surface area contributed by atoms with E-state index in [0.29, 0.717) is 6.42 Å². The van der Waals surface area contributed by atoms with E-state index in [0.717, 1.165) is 0 Å². The van der Waals surface area contributed by atoms with Gasteiger partial charge in [-0.25, -0.2) is 4.79 Å². The van der Waals surface area contributed by atoms with Crippen molar-refractivity contribution in [1.82, 2.24) is 5.32 Å². The number of esters is 1. The number of ether oxygens (including phenoxy) is 1. The molecule has 0 heterocycles. The smallest absolute Gasteiger partial charge is 0.329 e. The van der Waals surface area contributed by atoms with Gasteiger partial charge in [-0.1, -0.05) is 6.92 Å². The van der Waals surface area contributed by atoms with Crippen LogP contribution in [-0.4, -0.2) is 23.5 Å². The van der Waals surface area contributed by atoms with Crippen molar-refractivity contribution in [1.29, 1.82) is 0 Å². The molecule has 1 N–H and O–H groups in total. The van der Waals surface area contributed by atoms with E-state index >= 15 is 0 Å². The Hall–Kier alpha value is -1.06. The highest BCUT2D eigenvalue weighted by Gasteiger charge is 2.24. The summed E-state index contributed by atoms with van der Waals surface area (Å²) in [4.78, 5) is 22.3. The number of carbonyl (C=O) groups is 2. The van der Waals surface area contributed by atoms with Gasteiger partial charge in [-0.15, -0.1) is 0 Å². The highest BCUT2D eigenvalue weighted by Crippen LogP contribution is 2.09. The lowest BCUT2D eigenvalue weighted by Gasteiger charge is -2.23. The topological polar surface area (TPSA) is 55.4 Å². The summed E-state index contributed by atoms with van der Waals surface area (Å²) in [5, 5.41) is 2.54. The number of nitrogens with one attached hydrogen (secondary N) is 1. The summed E-state index contributed by atoms with van der Waals surface area (Å²) in [6, 6.07) is -0.535. The zero-order valence-corrected chi connectivity index (χ0v) is 9.51. The summed E-state index contributed by atoms with van der Waals surface area (Å²) < 4.78 is 5.14. The second-order valence-electron chi connectivity index (χ2n) is 4.19. The van der Waals surface area contributed by atoms with Crippen LogP contribution < -0.4 is 5.32 Å². The molecule has 0 aliphatic heterocycles. The van der Waals surface area contributed by atoms with E-state index in [-0.39, 0.29) is 11.9 Å². The van der Waals surface area contributed by atoms with E-state index in [9.17, 15) is 9.59 Å². The summed E-state index contributed by atoms with van der Waals surface area (Å²) in [5.74, 6) is -0.599. The number of rotatable bonds is 3. The SMILES string of the molecule is CC[C@@H](NC(C)=O)C(=O)OC(C)(C)C. The van der Waals surface area contributed by atoms with Gasteiger partial charge >= 0.3 is 5.97 Å². The van der Waals surface area contributed by atoms with Gasteiger partial charge < -0.3 is 10.1 Å². The van der Waals surface area contributed by atoms with Crippen LogP contribution in [0, 0.1) is 0 Å². The molecule has 4 heteroatoms. The maximum absolute atomic E-state index is 11.5. The van der Waals surface area contributed by atoms with Crippen molar-refractivity contribution in [3.05, 3.63) is 0 Å². The van der Waals surface area contributed by atoms with Crippen LogP contribution in [0.1, 0.15) is 41.0 Å². The molecule has 0 fully saturated rings. The number of hydrogen-bond acceptors (Lipinski definition) is 3. The molecule has 0 aliphatic rings. The van der Waals surface area contributed by atoms with Crippen molar-refractivity contribution in [2.24, 2.45) is 0 Å². The third kappa shape index (κ3) is 5.56. The van der Waals surface area contributed by atoms with Gasteiger partial charge in [-0.05, 0) is 27.2 Å². The molecule has 14 heavy (non-hydrogen) atoms. The maximum Gasteiger partial charge on any atom is 0.329 e. The van der Waals surface area contributed by atoms with E-state index in [4.69, 9.17) is 4.74 Å². The molecule has 82 valence electrons. The van der Waals surface area contributed by atoms with Crippen LogP contribution >= 0.6 is 0 Å². The number of hydrogen-bond donors (Lipinski definition) is 1. The van der Waals surface area contributed by atoms with Gasteiger partial charge in [-0.2, -0.15) is 0 Å². The summed E-state index contributed by atoms with van der Waals surface area (Å²) in [6.07, 6.45) is 0.536. The lowest BCUT2D eigenvalue weighted by atomic mass is 10.1. The molecule has 0 aromatic rings. The first-order valence-corrected chi connectivity index (χ1v) is 4.76. The molecular formula is C10H19NO3. The fourth-order valence-corrected chi connectivity index (χ4v) is 0.946. The van der Waals surface area contributed by atoms with Gasteiger partial charge in [0.2, 0.25) is 5.91 Å². The Morgan fingerprint density at radius 3 is 2.14 bits per heavy atom. The van der Waals surface area contributed by atoms with Crippen LogP contribution in [0.2, 0.25) is 0 Å². The van der Waals surface area contributed by atoms with Crippen LogP contribution in [0.3, 0.4) is 0 Å².